The van der Waals surface area contributed by atoms with Crippen LogP contribution in [0.25, 0.3) is 6.08 Å². The van der Waals surface area contributed by atoms with Gasteiger partial charge in [-0.2, -0.15) is 0 Å². The third-order valence-electron chi connectivity index (χ3n) is 10.2. The van der Waals surface area contributed by atoms with Gasteiger partial charge in [0, 0.05) is 69.9 Å². The van der Waals surface area contributed by atoms with E-state index in [2.05, 4.69) is 14.7 Å². The summed E-state index contributed by atoms with van der Waals surface area (Å²) in [6, 6.07) is 4.94. The number of piperazine rings is 2. The van der Waals surface area contributed by atoms with Crippen molar-refractivity contribution in [1.29, 1.82) is 0 Å². The molecule has 0 aromatic heterocycles. The number of hydrogen-bond acceptors (Lipinski definition) is 9. The molecule has 3 fully saturated rings. The lowest BCUT2D eigenvalue weighted by molar-refractivity contribution is -0.151. The lowest BCUT2D eigenvalue weighted by Gasteiger charge is -2.36. The fraction of sp³-hybridized carbons (Fsp3) is 0.649. The predicted molar refractivity (Wildman–Crippen MR) is 183 cm³/mol. The van der Waals surface area contributed by atoms with Crippen LogP contribution >= 0.6 is 0 Å². The summed E-state index contributed by atoms with van der Waals surface area (Å²) in [7, 11) is 2.03. The van der Waals surface area contributed by atoms with Crippen LogP contribution in [0, 0.1) is 23.6 Å². The van der Waals surface area contributed by atoms with Crippen molar-refractivity contribution in [2.24, 2.45) is 17.8 Å². The van der Waals surface area contributed by atoms with Crippen LogP contribution in [0.15, 0.2) is 35.9 Å². The van der Waals surface area contributed by atoms with Crippen LogP contribution in [0.2, 0.25) is 0 Å². The number of benzene rings is 1. The van der Waals surface area contributed by atoms with Gasteiger partial charge in [0.2, 0.25) is 0 Å². The second kappa shape index (κ2) is 16.4. The molecular weight excluding hydrogens is 615 g/mol. The van der Waals surface area contributed by atoms with Crippen LogP contribution in [0.1, 0.15) is 58.4 Å². The highest BCUT2D eigenvalue weighted by atomic mass is 19.1. The average molecular weight is 669 g/mol. The maximum atomic E-state index is 15.0. The summed E-state index contributed by atoms with van der Waals surface area (Å²) in [5.41, 5.74) is 2.15. The molecule has 0 bridgehead atoms. The van der Waals surface area contributed by atoms with Gasteiger partial charge in [-0.3, -0.25) is 14.5 Å². The molecule has 1 aromatic carbocycles. The van der Waals surface area contributed by atoms with Crippen molar-refractivity contribution in [1.82, 2.24) is 14.7 Å². The molecule has 11 heteroatoms. The van der Waals surface area contributed by atoms with E-state index in [-0.39, 0.29) is 36.1 Å². The zero-order valence-corrected chi connectivity index (χ0v) is 29.0. The number of amides is 1. The molecule has 10 nitrogen and oxygen atoms in total. The van der Waals surface area contributed by atoms with E-state index in [1.165, 1.54) is 12.1 Å². The van der Waals surface area contributed by atoms with Crippen LogP contribution in [0.5, 0.6) is 0 Å². The Labute approximate surface area is 284 Å². The molecule has 2 saturated heterocycles. The second-order valence-electron chi connectivity index (χ2n) is 14.3. The lowest BCUT2D eigenvalue weighted by Crippen LogP contribution is -2.48. The van der Waals surface area contributed by atoms with Gasteiger partial charge in [0.25, 0.3) is 0 Å². The number of halogens is 1. The number of hydrogen-bond donors (Lipinski definition) is 1. The van der Waals surface area contributed by atoms with Crippen LogP contribution in [-0.4, -0.2) is 122 Å². The van der Waals surface area contributed by atoms with Crippen molar-refractivity contribution in [2.75, 3.05) is 70.9 Å². The van der Waals surface area contributed by atoms with Gasteiger partial charge in [-0.05, 0) is 81.0 Å². The van der Waals surface area contributed by atoms with E-state index in [1.54, 1.807) is 4.90 Å². The van der Waals surface area contributed by atoms with Gasteiger partial charge < -0.3 is 29.3 Å². The van der Waals surface area contributed by atoms with E-state index in [0.29, 0.717) is 56.9 Å². The number of ketones is 1. The zero-order valence-electron chi connectivity index (χ0n) is 29.0. The number of Topliss-reactive ketones (excluding diaryl/α,β-unsaturated/α-hetero) is 1. The van der Waals surface area contributed by atoms with E-state index >= 15 is 0 Å². The second-order valence-corrected chi connectivity index (χ2v) is 14.3. The normalized spacial score (nSPS) is 29.4. The summed E-state index contributed by atoms with van der Waals surface area (Å²) in [6.45, 7) is 12.0. The Balaban J connectivity index is 1.30. The third-order valence-corrected chi connectivity index (χ3v) is 10.2. The quantitative estimate of drug-likeness (QED) is 0.335. The number of aliphatic hydroxyl groups is 1. The van der Waals surface area contributed by atoms with Crippen molar-refractivity contribution >= 4 is 29.6 Å². The minimum Gasteiger partial charge on any atom is -0.457 e. The molecule has 4 aliphatic rings. The molecule has 0 spiro atoms. The standard InChI is InChI=1S/C37H53FN4O6/c1-25-5-9-32(43)23-35(45)48-36(26(2)6-10-34(25)47-37(46)42-15-11-39(4)12-16-42)27(3)19-28-20-30(38)22-31(21-28)41-17-13-40(14-18-41)24-33(44)29-7-8-29/h6,10,19-22,25-26,29,32,34,36,43H,5,7-9,11-18,23-24H2,1-4H3/b10-6-,27-19+/t25-,26-,32+,34-,36-/m0/s1. The molecule has 3 aliphatic heterocycles. The lowest BCUT2D eigenvalue weighted by atomic mass is 9.91. The summed E-state index contributed by atoms with van der Waals surface area (Å²) in [6.07, 6.45) is 6.08. The van der Waals surface area contributed by atoms with Crippen molar-refractivity contribution in [2.45, 2.75) is 71.2 Å². The predicted octanol–water partition coefficient (Wildman–Crippen LogP) is 4.37. The monoisotopic (exact) mass is 668 g/mol. The van der Waals surface area contributed by atoms with Crippen molar-refractivity contribution < 1.29 is 33.4 Å². The molecule has 5 atom stereocenters. The summed E-state index contributed by atoms with van der Waals surface area (Å²) in [5, 5.41) is 10.7. The average Bonchev–Trinajstić information content (AvgIpc) is 3.90. The molecule has 1 N–H and O–H groups in total. The number of anilines is 1. The van der Waals surface area contributed by atoms with Crippen molar-refractivity contribution in [3.8, 4) is 0 Å². The van der Waals surface area contributed by atoms with Crippen LogP contribution < -0.4 is 4.90 Å². The van der Waals surface area contributed by atoms with Gasteiger partial charge in [-0.25, -0.2) is 9.18 Å². The molecule has 1 saturated carbocycles. The molecule has 264 valence electrons. The Morgan fingerprint density at radius 3 is 2.38 bits per heavy atom. The third kappa shape index (κ3) is 10.1. The number of ether oxygens (including phenoxy) is 2. The number of esters is 1. The first kappa shape index (κ1) is 36.0. The highest BCUT2D eigenvalue weighted by Gasteiger charge is 2.32. The van der Waals surface area contributed by atoms with Gasteiger partial charge in [-0.1, -0.05) is 26.0 Å². The number of carbonyl (C=O) groups excluding carboxylic acids is 3. The molecule has 1 aliphatic carbocycles. The minimum absolute atomic E-state index is 0.0729. The van der Waals surface area contributed by atoms with Crippen molar-refractivity contribution in [3.63, 3.8) is 0 Å². The maximum Gasteiger partial charge on any atom is 0.410 e. The Kier molecular flexibility index (Phi) is 12.3. The maximum absolute atomic E-state index is 15.0. The van der Waals surface area contributed by atoms with Crippen LogP contribution in [0.4, 0.5) is 14.9 Å². The first-order chi connectivity index (χ1) is 22.9. The van der Waals surface area contributed by atoms with Gasteiger partial charge in [-0.15, -0.1) is 0 Å². The number of carbonyl (C=O) groups is 3. The van der Waals surface area contributed by atoms with Gasteiger partial charge in [0.15, 0.2) is 0 Å². The Morgan fingerprint density at radius 2 is 1.69 bits per heavy atom. The van der Waals surface area contributed by atoms with E-state index in [4.69, 9.17) is 9.47 Å². The van der Waals surface area contributed by atoms with E-state index < -0.39 is 24.3 Å². The van der Waals surface area contributed by atoms with Gasteiger partial charge >= 0.3 is 12.1 Å². The number of aliphatic hydroxyl groups excluding tert-OH is 1. The highest BCUT2D eigenvalue weighted by Crippen LogP contribution is 2.31. The van der Waals surface area contributed by atoms with Crippen LogP contribution in [-0.2, 0) is 19.1 Å². The Hall–Kier alpha value is -3.28. The zero-order chi connectivity index (χ0) is 34.4. The smallest absolute Gasteiger partial charge is 0.410 e. The van der Waals surface area contributed by atoms with Gasteiger partial charge in [0.1, 0.15) is 23.8 Å². The SMILES string of the molecule is C/C(=C\c1cc(F)cc(N2CCN(CC(=O)C3CC3)CC2)c1)[C@H]1OC(=O)C[C@H](O)CC[C@H](C)[C@@H](OC(=O)N2CCN(C)CC2)/C=C\[C@@H]1C. The van der Waals surface area contributed by atoms with E-state index in [1.807, 2.05) is 52.1 Å². The molecule has 1 amide bonds. The summed E-state index contributed by atoms with van der Waals surface area (Å²) in [4.78, 5) is 46.6. The fourth-order valence-electron chi connectivity index (χ4n) is 6.76. The van der Waals surface area contributed by atoms with Gasteiger partial charge in [0.05, 0.1) is 19.1 Å². The molecule has 0 unspecified atom stereocenters. The molecule has 5 rings (SSSR count). The number of nitrogens with zero attached hydrogens (tertiary/aromatic N) is 4. The molecule has 3 heterocycles. The van der Waals surface area contributed by atoms with E-state index in [9.17, 15) is 23.9 Å². The van der Waals surface area contributed by atoms with Crippen molar-refractivity contribution in [3.05, 3.63) is 47.3 Å². The first-order valence-corrected chi connectivity index (χ1v) is 17.6. The molecule has 0 radical (unpaired) electrons. The van der Waals surface area contributed by atoms with Crippen LogP contribution in [0.3, 0.4) is 0 Å². The summed E-state index contributed by atoms with van der Waals surface area (Å²) < 4.78 is 26.9. The topological polar surface area (TPSA) is 103 Å². The van der Waals surface area contributed by atoms with E-state index in [0.717, 1.165) is 50.3 Å². The molecular formula is C37H53FN4O6. The largest absolute Gasteiger partial charge is 0.457 e. The molecule has 1 aromatic rings. The number of likely N-dealkylation sites (N-methyl/N-ethyl adjacent to an activating group) is 1. The Morgan fingerprint density at radius 1 is 0.979 bits per heavy atom. The Bertz CT molecular complexity index is 1350. The highest BCUT2D eigenvalue weighted by molar-refractivity contribution is 5.85. The first-order valence-electron chi connectivity index (χ1n) is 17.6. The fourth-order valence-corrected chi connectivity index (χ4v) is 6.76. The minimum atomic E-state index is -0.879. The number of cyclic esters (lactones) is 1. The number of rotatable bonds is 7. The summed E-state index contributed by atoms with van der Waals surface area (Å²) in [5.74, 6) is -0.635. The summed E-state index contributed by atoms with van der Waals surface area (Å²) >= 11 is 0. The molecule has 48 heavy (non-hydrogen) atoms.